The Morgan fingerprint density at radius 3 is 0.823 bits per heavy atom. The van der Waals surface area contributed by atoms with Crippen LogP contribution in [0, 0.1) is 0 Å². The van der Waals surface area contributed by atoms with Gasteiger partial charge in [0.1, 0.15) is 13.2 Å². The van der Waals surface area contributed by atoms with Crippen molar-refractivity contribution < 1.29 is 28.6 Å². The molecule has 79 heavy (non-hydrogen) atoms. The molecule has 6 heteroatoms. The molecule has 1 atom stereocenters. The lowest BCUT2D eigenvalue weighted by Crippen LogP contribution is -2.30. The largest absolute Gasteiger partial charge is 0.462 e. The normalized spacial score (nSPS) is 12.7. The fourth-order valence-electron chi connectivity index (χ4n) is 9.50. The Morgan fingerprint density at radius 2 is 0.494 bits per heavy atom. The Balaban J connectivity index is 4.33. The maximum Gasteiger partial charge on any atom is 0.306 e. The first-order valence-corrected chi connectivity index (χ1v) is 33.7. The zero-order valence-electron chi connectivity index (χ0n) is 52.1. The molecular weight excluding hydrogens is 973 g/mol. The lowest BCUT2D eigenvalue weighted by Gasteiger charge is -2.18. The predicted octanol–water partition coefficient (Wildman–Crippen LogP) is 23.2. The first kappa shape index (κ1) is 75.3. The van der Waals surface area contributed by atoms with E-state index < -0.39 is 6.10 Å². The minimum absolute atomic E-state index is 0.0963. The fraction of sp³-hybridized carbons (Fsp3) is 0.740. The monoisotopic (exact) mass is 1100 g/mol. The molecule has 0 N–H and O–H groups in total. The number of hydrogen-bond acceptors (Lipinski definition) is 6. The Labute approximate surface area is 489 Å². The van der Waals surface area contributed by atoms with Gasteiger partial charge in [-0.25, -0.2) is 0 Å². The smallest absolute Gasteiger partial charge is 0.306 e. The second-order valence-electron chi connectivity index (χ2n) is 22.3. The van der Waals surface area contributed by atoms with Crippen LogP contribution in [0.2, 0.25) is 0 Å². The molecule has 0 spiro atoms. The summed E-state index contributed by atoms with van der Waals surface area (Å²) < 4.78 is 16.9. The molecule has 0 amide bonds. The number of esters is 3. The number of rotatable bonds is 61. The molecule has 454 valence electrons. The average Bonchev–Trinajstić information content (AvgIpc) is 3.45. The summed E-state index contributed by atoms with van der Waals surface area (Å²) >= 11 is 0. The summed E-state index contributed by atoms with van der Waals surface area (Å²) in [5, 5.41) is 0. The van der Waals surface area contributed by atoms with Crippen molar-refractivity contribution in [1.29, 1.82) is 0 Å². The van der Waals surface area contributed by atoms with Crippen molar-refractivity contribution in [2.75, 3.05) is 13.2 Å². The summed E-state index contributed by atoms with van der Waals surface area (Å²) in [5.41, 5.74) is 0. The Hall–Kier alpha value is -3.67. The molecule has 0 aromatic carbocycles. The Kier molecular flexibility index (Phi) is 63.7. The molecule has 0 heterocycles. The van der Waals surface area contributed by atoms with Crippen LogP contribution in [0.1, 0.15) is 329 Å². The van der Waals surface area contributed by atoms with Crippen molar-refractivity contribution in [2.45, 2.75) is 335 Å². The number of carbonyl (C=O) groups excluding carboxylic acids is 3. The van der Waals surface area contributed by atoms with Gasteiger partial charge < -0.3 is 14.2 Å². The maximum absolute atomic E-state index is 12.9. The Bertz CT molecular complexity index is 1540. The van der Waals surface area contributed by atoms with Gasteiger partial charge in [-0.15, -0.1) is 0 Å². The van der Waals surface area contributed by atoms with Crippen LogP contribution in [0.4, 0.5) is 0 Å². The highest BCUT2D eigenvalue weighted by atomic mass is 16.6. The molecule has 0 saturated carbocycles. The molecule has 0 fully saturated rings. The summed E-state index contributed by atoms with van der Waals surface area (Å²) in [5.74, 6) is -0.938. The molecule has 0 aliphatic carbocycles. The zero-order chi connectivity index (χ0) is 57.1. The van der Waals surface area contributed by atoms with Crippen LogP contribution in [-0.4, -0.2) is 37.2 Å². The second-order valence-corrected chi connectivity index (χ2v) is 22.3. The summed E-state index contributed by atoms with van der Waals surface area (Å²) in [6.07, 6.45) is 90.0. The zero-order valence-corrected chi connectivity index (χ0v) is 52.1. The molecular formula is C73H126O6. The van der Waals surface area contributed by atoms with Crippen LogP contribution in [-0.2, 0) is 28.6 Å². The van der Waals surface area contributed by atoms with Gasteiger partial charge in [0.25, 0.3) is 0 Å². The van der Waals surface area contributed by atoms with Crippen molar-refractivity contribution in [3.05, 3.63) is 97.2 Å². The van der Waals surface area contributed by atoms with E-state index in [1.54, 1.807) is 0 Å². The standard InChI is InChI=1S/C73H126O6/c1-4-7-10-13-16-19-22-25-27-29-31-33-34-35-36-37-38-40-41-43-45-48-51-54-57-60-63-66-72(75)78-69-70(68-77-71(74)65-62-59-56-53-50-47-24-21-18-15-12-9-6-3)79-73(76)67-64-61-58-55-52-49-46-44-42-39-32-30-28-26-23-20-17-14-11-8-5-2/h8,11,17,20-21,24,26,28-29,31-32,39,44,46,52,55,70H,4-7,9-10,12-16,18-19,22-23,25,27,30,33-38,40-43,45,47-51,53-54,56-69H2,1-3H3/b11-8-,20-17-,24-21-,28-26-,31-29-,39-32-,46-44-,55-52-. The van der Waals surface area contributed by atoms with Crippen LogP contribution >= 0.6 is 0 Å². The molecule has 1 unspecified atom stereocenters. The van der Waals surface area contributed by atoms with E-state index in [4.69, 9.17) is 14.2 Å². The van der Waals surface area contributed by atoms with Gasteiger partial charge in [0.05, 0.1) is 0 Å². The van der Waals surface area contributed by atoms with E-state index in [0.29, 0.717) is 19.3 Å². The highest BCUT2D eigenvalue weighted by Crippen LogP contribution is 2.17. The van der Waals surface area contributed by atoms with Gasteiger partial charge in [0.15, 0.2) is 6.10 Å². The van der Waals surface area contributed by atoms with Crippen LogP contribution in [0.3, 0.4) is 0 Å². The number of allylic oxidation sites excluding steroid dienone is 16. The number of ether oxygens (including phenoxy) is 3. The average molecular weight is 1100 g/mol. The van der Waals surface area contributed by atoms with E-state index in [9.17, 15) is 14.4 Å². The molecule has 0 aliphatic rings. The van der Waals surface area contributed by atoms with Crippen LogP contribution in [0.15, 0.2) is 97.2 Å². The summed E-state index contributed by atoms with van der Waals surface area (Å²) in [6.45, 7) is 6.50. The van der Waals surface area contributed by atoms with E-state index in [0.717, 1.165) is 96.3 Å². The molecule has 0 saturated heterocycles. The predicted molar refractivity (Wildman–Crippen MR) is 344 cm³/mol. The molecule has 0 aromatic rings. The lowest BCUT2D eigenvalue weighted by atomic mass is 10.0. The summed E-state index contributed by atoms with van der Waals surface area (Å²) in [7, 11) is 0. The molecule has 0 rings (SSSR count). The fourth-order valence-corrected chi connectivity index (χ4v) is 9.50. The highest BCUT2D eigenvalue weighted by Gasteiger charge is 2.19. The molecule has 0 radical (unpaired) electrons. The third-order valence-electron chi connectivity index (χ3n) is 14.5. The van der Waals surface area contributed by atoms with Crippen molar-refractivity contribution in [3.8, 4) is 0 Å². The van der Waals surface area contributed by atoms with Crippen molar-refractivity contribution in [2.24, 2.45) is 0 Å². The van der Waals surface area contributed by atoms with Gasteiger partial charge >= 0.3 is 17.9 Å². The molecule has 0 aromatic heterocycles. The van der Waals surface area contributed by atoms with Gasteiger partial charge in [-0.1, -0.05) is 285 Å². The van der Waals surface area contributed by atoms with Gasteiger partial charge in [0, 0.05) is 19.3 Å². The maximum atomic E-state index is 12.9. The summed E-state index contributed by atoms with van der Waals surface area (Å²) in [6, 6.07) is 0. The quantitative estimate of drug-likeness (QED) is 0.0261. The van der Waals surface area contributed by atoms with Gasteiger partial charge in [-0.05, 0) is 122 Å². The third kappa shape index (κ3) is 65.0. The van der Waals surface area contributed by atoms with E-state index in [1.165, 1.54) is 186 Å². The van der Waals surface area contributed by atoms with Crippen molar-refractivity contribution in [3.63, 3.8) is 0 Å². The minimum Gasteiger partial charge on any atom is -0.462 e. The van der Waals surface area contributed by atoms with Crippen LogP contribution in [0.5, 0.6) is 0 Å². The van der Waals surface area contributed by atoms with E-state index in [-0.39, 0.29) is 37.5 Å². The highest BCUT2D eigenvalue weighted by molar-refractivity contribution is 5.71. The first-order chi connectivity index (χ1) is 39.0. The van der Waals surface area contributed by atoms with Crippen LogP contribution < -0.4 is 0 Å². The third-order valence-corrected chi connectivity index (χ3v) is 14.5. The van der Waals surface area contributed by atoms with Gasteiger partial charge in [-0.3, -0.25) is 14.4 Å². The van der Waals surface area contributed by atoms with E-state index in [2.05, 4.69) is 118 Å². The van der Waals surface area contributed by atoms with Crippen molar-refractivity contribution >= 4 is 17.9 Å². The Morgan fingerprint density at radius 1 is 0.266 bits per heavy atom. The molecule has 0 aliphatic heterocycles. The van der Waals surface area contributed by atoms with E-state index >= 15 is 0 Å². The topological polar surface area (TPSA) is 78.9 Å². The summed E-state index contributed by atoms with van der Waals surface area (Å²) in [4.78, 5) is 38.3. The SMILES string of the molecule is CC/C=C\C/C=C\C/C=C\C/C=C\C/C=C\C/C=C\CCCCC(=O)OC(COC(=O)CCCCCCC/C=C\CCCCCC)COC(=O)CCCCCCCCCCCCCCCCC/C=C\CCCCCCCCCC. The van der Waals surface area contributed by atoms with Crippen molar-refractivity contribution in [1.82, 2.24) is 0 Å². The first-order valence-electron chi connectivity index (χ1n) is 33.7. The lowest BCUT2D eigenvalue weighted by molar-refractivity contribution is -0.167. The second kappa shape index (κ2) is 66.8. The van der Waals surface area contributed by atoms with Gasteiger partial charge in [-0.2, -0.15) is 0 Å². The van der Waals surface area contributed by atoms with Gasteiger partial charge in [0.2, 0.25) is 0 Å². The molecule has 0 bridgehead atoms. The number of hydrogen-bond donors (Lipinski definition) is 0. The van der Waals surface area contributed by atoms with E-state index in [1.807, 2.05) is 0 Å². The van der Waals surface area contributed by atoms with Crippen LogP contribution in [0.25, 0.3) is 0 Å². The number of unbranched alkanes of at least 4 members (excludes halogenated alkanes) is 34. The minimum atomic E-state index is -0.805. The number of carbonyl (C=O) groups is 3. The molecule has 6 nitrogen and oxygen atoms in total.